The third-order valence-electron chi connectivity index (χ3n) is 4.98. The smallest absolute Gasteiger partial charge is 0.251 e. The normalized spacial score (nSPS) is 14.6. The number of amides is 2. The number of rotatable bonds is 6. The summed E-state index contributed by atoms with van der Waals surface area (Å²) in [6.07, 6.45) is 2.61. The van der Waals surface area contributed by atoms with E-state index >= 15 is 0 Å². The van der Waals surface area contributed by atoms with Crippen LogP contribution in [0.15, 0.2) is 42.5 Å². The third kappa shape index (κ3) is 5.03. The Labute approximate surface area is 166 Å². The molecule has 2 aromatic carbocycles. The predicted octanol–water partition coefficient (Wildman–Crippen LogP) is 3.32. The van der Waals surface area contributed by atoms with E-state index in [9.17, 15) is 9.59 Å². The minimum absolute atomic E-state index is 0.129. The number of carbonyl (C=O) groups is 2. The van der Waals surface area contributed by atoms with Crippen molar-refractivity contribution in [2.45, 2.75) is 39.2 Å². The Kier molecular flexibility index (Phi) is 6.19. The molecule has 1 aliphatic rings. The molecule has 1 saturated heterocycles. The Morgan fingerprint density at radius 3 is 2.64 bits per heavy atom. The Hall–Kier alpha value is -3.02. The van der Waals surface area contributed by atoms with Gasteiger partial charge in [-0.2, -0.15) is 0 Å². The van der Waals surface area contributed by atoms with E-state index in [0.29, 0.717) is 11.3 Å². The quantitative estimate of drug-likeness (QED) is 0.671. The molecule has 1 aliphatic heterocycles. The van der Waals surface area contributed by atoms with Crippen molar-refractivity contribution in [2.24, 2.45) is 0 Å². The SMILES string of the molecule is Cc1ccc(N)cc1C(=O)NC(C)CC(=O)Nc1cccc(N2CCCC2)c1. The van der Waals surface area contributed by atoms with Crippen molar-refractivity contribution in [3.63, 3.8) is 0 Å². The van der Waals surface area contributed by atoms with Gasteiger partial charge < -0.3 is 21.3 Å². The monoisotopic (exact) mass is 380 g/mol. The van der Waals surface area contributed by atoms with Gasteiger partial charge in [0.05, 0.1) is 0 Å². The Morgan fingerprint density at radius 1 is 1.14 bits per heavy atom. The van der Waals surface area contributed by atoms with Crippen molar-refractivity contribution in [3.8, 4) is 0 Å². The molecule has 0 bridgehead atoms. The van der Waals surface area contributed by atoms with Gasteiger partial charge in [0.2, 0.25) is 5.91 Å². The van der Waals surface area contributed by atoms with Crippen molar-refractivity contribution in [1.29, 1.82) is 0 Å². The fourth-order valence-electron chi connectivity index (χ4n) is 3.48. The second kappa shape index (κ2) is 8.78. The topological polar surface area (TPSA) is 87.5 Å². The van der Waals surface area contributed by atoms with Gasteiger partial charge in [-0.3, -0.25) is 9.59 Å². The maximum Gasteiger partial charge on any atom is 0.251 e. The zero-order valence-electron chi connectivity index (χ0n) is 16.5. The van der Waals surface area contributed by atoms with Gasteiger partial charge in [0, 0.05) is 48.2 Å². The van der Waals surface area contributed by atoms with E-state index in [1.54, 1.807) is 12.1 Å². The highest BCUT2D eigenvalue weighted by Gasteiger charge is 2.16. The average Bonchev–Trinajstić information content (AvgIpc) is 3.18. The highest BCUT2D eigenvalue weighted by molar-refractivity contribution is 5.97. The lowest BCUT2D eigenvalue weighted by molar-refractivity contribution is -0.116. The molecule has 1 atom stereocenters. The summed E-state index contributed by atoms with van der Waals surface area (Å²) in [6, 6.07) is 12.8. The molecule has 148 valence electrons. The summed E-state index contributed by atoms with van der Waals surface area (Å²) in [5.41, 5.74) is 9.61. The maximum absolute atomic E-state index is 12.5. The number of anilines is 3. The molecule has 0 radical (unpaired) electrons. The van der Waals surface area contributed by atoms with E-state index < -0.39 is 0 Å². The van der Waals surface area contributed by atoms with Crippen LogP contribution in [0, 0.1) is 6.92 Å². The van der Waals surface area contributed by atoms with Crippen LogP contribution in [0.2, 0.25) is 0 Å². The zero-order valence-corrected chi connectivity index (χ0v) is 16.5. The van der Waals surface area contributed by atoms with Crippen LogP contribution in [0.1, 0.15) is 42.1 Å². The van der Waals surface area contributed by atoms with Crippen LogP contribution >= 0.6 is 0 Å². The molecule has 28 heavy (non-hydrogen) atoms. The van der Waals surface area contributed by atoms with Gasteiger partial charge in [0.25, 0.3) is 5.91 Å². The summed E-state index contributed by atoms with van der Waals surface area (Å²) in [7, 11) is 0. The molecule has 2 amide bonds. The molecule has 6 nitrogen and oxygen atoms in total. The minimum Gasteiger partial charge on any atom is -0.399 e. The summed E-state index contributed by atoms with van der Waals surface area (Å²) >= 11 is 0. The van der Waals surface area contributed by atoms with Crippen LogP contribution in [0.4, 0.5) is 17.1 Å². The van der Waals surface area contributed by atoms with Gasteiger partial charge in [-0.05, 0) is 62.6 Å². The Balaban J connectivity index is 1.55. The predicted molar refractivity (Wildman–Crippen MR) is 114 cm³/mol. The van der Waals surface area contributed by atoms with Gasteiger partial charge in [0.15, 0.2) is 0 Å². The van der Waals surface area contributed by atoms with E-state index in [0.717, 1.165) is 30.0 Å². The molecule has 0 saturated carbocycles. The van der Waals surface area contributed by atoms with Crippen LogP contribution in [0.25, 0.3) is 0 Å². The number of nitrogen functional groups attached to an aromatic ring is 1. The lowest BCUT2D eigenvalue weighted by Crippen LogP contribution is -2.35. The molecule has 3 rings (SSSR count). The highest BCUT2D eigenvalue weighted by atomic mass is 16.2. The van der Waals surface area contributed by atoms with Crippen LogP contribution in [0.5, 0.6) is 0 Å². The van der Waals surface area contributed by atoms with Gasteiger partial charge in [-0.25, -0.2) is 0 Å². The van der Waals surface area contributed by atoms with Crippen LogP contribution < -0.4 is 21.3 Å². The first-order valence-corrected chi connectivity index (χ1v) is 9.74. The van der Waals surface area contributed by atoms with Gasteiger partial charge in [0.1, 0.15) is 0 Å². The number of hydrogen-bond donors (Lipinski definition) is 3. The molecular formula is C22H28N4O2. The summed E-state index contributed by atoms with van der Waals surface area (Å²) in [6.45, 7) is 5.80. The van der Waals surface area contributed by atoms with E-state index in [1.165, 1.54) is 12.8 Å². The number of carbonyl (C=O) groups excluding carboxylic acids is 2. The second-order valence-corrected chi connectivity index (χ2v) is 7.45. The fourth-order valence-corrected chi connectivity index (χ4v) is 3.48. The lowest BCUT2D eigenvalue weighted by Gasteiger charge is -2.19. The highest BCUT2D eigenvalue weighted by Crippen LogP contribution is 2.23. The first kappa shape index (κ1) is 19.7. The summed E-state index contributed by atoms with van der Waals surface area (Å²) in [5, 5.41) is 5.81. The van der Waals surface area contributed by atoms with Crippen LogP contribution in [-0.4, -0.2) is 30.9 Å². The van der Waals surface area contributed by atoms with E-state index in [2.05, 4.69) is 21.6 Å². The van der Waals surface area contributed by atoms with E-state index in [-0.39, 0.29) is 24.3 Å². The molecule has 1 heterocycles. The number of nitrogens with zero attached hydrogens (tertiary/aromatic N) is 1. The molecular weight excluding hydrogens is 352 g/mol. The molecule has 1 unspecified atom stereocenters. The molecule has 6 heteroatoms. The van der Waals surface area contributed by atoms with Gasteiger partial charge >= 0.3 is 0 Å². The molecule has 2 aromatic rings. The van der Waals surface area contributed by atoms with Crippen molar-refractivity contribution in [1.82, 2.24) is 5.32 Å². The average molecular weight is 380 g/mol. The largest absolute Gasteiger partial charge is 0.399 e. The maximum atomic E-state index is 12.5. The van der Waals surface area contributed by atoms with Gasteiger partial charge in [-0.1, -0.05) is 12.1 Å². The van der Waals surface area contributed by atoms with Gasteiger partial charge in [-0.15, -0.1) is 0 Å². The third-order valence-corrected chi connectivity index (χ3v) is 4.98. The molecule has 0 aromatic heterocycles. The Bertz CT molecular complexity index is 859. The molecule has 4 N–H and O–H groups in total. The van der Waals surface area contributed by atoms with Crippen molar-refractivity contribution in [3.05, 3.63) is 53.6 Å². The number of hydrogen-bond acceptors (Lipinski definition) is 4. The first-order chi connectivity index (χ1) is 13.4. The van der Waals surface area contributed by atoms with Crippen molar-refractivity contribution < 1.29 is 9.59 Å². The van der Waals surface area contributed by atoms with Crippen LogP contribution in [0.3, 0.4) is 0 Å². The number of aryl methyl sites for hydroxylation is 1. The Morgan fingerprint density at radius 2 is 1.89 bits per heavy atom. The summed E-state index contributed by atoms with van der Waals surface area (Å²) in [4.78, 5) is 27.2. The van der Waals surface area contributed by atoms with E-state index in [1.807, 2.05) is 38.1 Å². The standard InChI is InChI=1S/C22H28N4O2/c1-15-8-9-17(23)13-20(15)22(28)24-16(2)12-21(27)25-18-6-5-7-19(14-18)26-10-3-4-11-26/h5-9,13-14,16H,3-4,10-12,23H2,1-2H3,(H,24,28)(H,25,27). The second-order valence-electron chi connectivity index (χ2n) is 7.45. The first-order valence-electron chi connectivity index (χ1n) is 9.74. The molecule has 1 fully saturated rings. The zero-order chi connectivity index (χ0) is 20.1. The number of benzene rings is 2. The number of nitrogens with one attached hydrogen (secondary N) is 2. The van der Waals surface area contributed by atoms with Crippen LogP contribution in [-0.2, 0) is 4.79 Å². The van der Waals surface area contributed by atoms with E-state index in [4.69, 9.17) is 5.73 Å². The minimum atomic E-state index is -0.296. The molecule has 0 spiro atoms. The fraction of sp³-hybridized carbons (Fsp3) is 0.364. The van der Waals surface area contributed by atoms with Crippen molar-refractivity contribution >= 4 is 28.9 Å². The summed E-state index contributed by atoms with van der Waals surface area (Å²) in [5.74, 6) is -0.350. The molecule has 0 aliphatic carbocycles. The number of nitrogens with two attached hydrogens (primary N) is 1. The van der Waals surface area contributed by atoms with Crippen molar-refractivity contribution in [2.75, 3.05) is 29.0 Å². The lowest BCUT2D eigenvalue weighted by atomic mass is 10.1. The summed E-state index contributed by atoms with van der Waals surface area (Å²) < 4.78 is 0.